The van der Waals surface area contributed by atoms with Crippen LogP contribution in [0.15, 0.2) is 47.5 Å². The van der Waals surface area contributed by atoms with Crippen LogP contribution in [-0.4, -0.2) is 39.9 Å². The van der Waals surface area contributed by atoms with E-state index in [1.165, 1.54) is 19.2 Å². The number of aromatic nitrogens is 2. The maximum absolute atomic E-state index is 13.8. The predicted octanol–water partition coefficient (Wildman–Crippen LogP) is 2.61. The second-order valence-corrected chi connectivity index (χ2v) is 7.57. The molecule has 8 nitrogen and oxygen atoms in total. The molecular weight excluding hydrogens is 458 g/mol. The molecule has 0 saturated heterocycles. The summed E-state index contributed by atoms with van der Waals surface area (Å²) < 4.78 is 33.3. The molecule has 1 heterocycles. The van der Waals surface area contributed by atoms with E-state index < -0.39 is 29.0 Å². The van der Waals surface area contributed by atoms with Gasteiger partial charge in [-0.2, -0.15) is 0 Å². The molecule has 0 unspecified atom stereocenters. The minimum absolute atomic E-state index is 0.0561. The molecule has 0 radical (unpaired) electrons. The van der Waals surface area contributed by atoms with Gasteiger partial charge >= 0.3 is 0 Å². The lowest BCUT2D eigenvalue weighted by Gasteiger charge is -2.17. The van der Waals surface area contributed by atoms with E-state index in [0.29, 0.717) is 17.3 Å². The average molecular weight is 477 g/mol. The lowest BCUT2D eigenvalue weighted by atomic mass is 10.1. The second-order valence-electron chi connectivity index (χ2n) is 7.19. The molecule has 0 aliphatic carbocycles. The third-order valence-electron chi connectivity index (χ3n) is 4.72. The van der Waals surface area contributed by atoms with Crippen LogP contribution in [0.2, 0.25) is 5.02 Å². The van der Waals surface area contributed by atoms with Crippen molar-refractivity contribution in [2.75, 3.05) is 13.6 Å². The minimum atomic E-state index is -0.808. The summed E-state index contributed by atoms with van der Waals surface area (Å²) in [6.07, 6.45) is 1.16. The third kappa shape index (κ3) is 5.35. The molecule has 33 heavy (non-hydrogen) atoms. The third-order valence-corrected chi connectivity index (χ3v) is 5.04. The molecule has 11 heteroatoms. The molecule has 3 aromatic rings. The standard InChI is InChI=1S/C22H19ClF2N4O4/c1-12-3-4-13(21(31)28(2)9-18(26)30)7-17(12)29-11-27-20(19(23)22(29)32)33-10-14-5-6-15(24)8-16(14)25/h3-8,11H,9-10H2,1-2H3,(H2,26,30). The van der Waals surface area contributed by atoms with Crippen LogP contribution < -0.4 is 16.0 Å². The fourth-order valence-electron chi connectivity index (χ4n) is 3.00. The van der Waals surface area contributed by atoms with Crippen LogP contribution in [0.1, 0.15) is 21.5 Å². The number of hydrogen-bond donors (Lipinski definition) is 1. The van der Waals surface area contributed by atoms with Crippen LogP contribution in [-0.2, 0) is 11.4 Å². The van der Waals surface area contributed by atoms with Crippen LogP contribution in [0.5, 0.6) is 5.88 Å². The van der Waals surface area contributed by atoms with Gasteiger partial charge < -0.3 is 15.4 Å². The molecule has 172 valence electrons. The smallest absolute Gasteiger partial charge is 0.280 e. The summed E-state index contributed by atoms with van der Waals surface area (Å²) in [4.78, 5) is 41.7. The average Bonchev–Trinajstić information content (AvgIpc) is 2.75. The van der Waals surface area contributed by atoms with E-state index >= 15 is 0 Å². The number of primary amides is 1. The van der Waals surface area contributed by atoms with Crippen LogP contribution in [0, 0.1) is 18.6 Å². The first kappa shape index (κ1) is 23.9. The first-order chi connectivity index (χ1) is 15.6. The molecule has 0 aliphatic rings. The Labute approximate surface area is 192 Å². The highest BCUT2D eigenvalue weighted by atomic mass is 35.5. The molecule has 0 aliphatic heterocycles. The van der Waals surface area contributed by atoms with Crippen LogP contribution >= 0.6 is 11.6 Å². The number of hydrogen-bond acceptors (Lipinski definition) is 5. The first-order valence-corrected chi connectivity index (χ1v) is 9.95. The lowest BCUT2D eigenvalue weighted by Crippen LogP contribution is -2.35. The van der Waals surface area contributed by atoms with E-state index in [-0.39, 0.29) is 35.2 Å². The van der Waals surface area contributed by atoms with Gasteiger partial charge in [-0.1, -0.05) is 17.7 Å². The zero-order chi connectivity index (χ0) is 24.3. The summed E-state index contributed by atoms with van der Waals surface area (Å²) in [5.41, 5.74) is 5.70. The molecule has 0 bridgehead atoms. The number of halogens is 3. The number of nitrogens with two attached hydrogens (primary N) is 1. The SMILES string of the molecule is Cc1ccc(C(=O)N(C)CC(N)=O)cc1-n1cnc(OCc2ccc(F)cc2F)c(Cl)c1=O. The Morgan fingerprint density at radius 1 is 1.21 bits per heavy atom. The molecule has 1 aromatic heterocycles. The number of aryl methyl sites for hydroxylation is 1. The van der Waals surface area contributed by atoms with Crippen molar-refractivity contribution in [1.82, 2.24) is 14.5 Å². The van der Waals surface area contributed by atoms with E-state index in [2.05, 4.69) is 4.98 Å². The van der Waals surface area contributed by atoms with Crippen molar-refractivity contribution in [2.24, 2.45) is 5.73 Å². The number of rotatable bonds is 7. The maximum Gasteiger partial charge on any atom is 0.280 e. The van der Waals surface area contributed by atoms with Gasteiger partial charge in [0, 0.05) is 24.2 Å². The van der Waals surface area contributed by atoms with Crippen molar-refractivity contribution in [3.8, 4) is 11.6 Å². The Morgan fingerprint density at radius 2 is 1.94 bits per heavy atom. The Bertz CT molecular complexity index is 1300. The Kier molecular flexibility index (Phi) is 7.07. The summed E-state index contributed by atoms with van der Waals surface area (Å²) in [6.45, 7) is 1.13. The molecule has 0 fully saturated rings. The second kappa shape index (κ2) is 9.78. The van der Waals surface area contributed by atoms with Gasteiger partial charge in [-0.3, -0.25) is 19.0 Å². The van der Waals surface area contributed by atoms with E-state index in [9.17, 15) is 23.2 Å². The van der Waals surface area contributed by atoms with Gasteiger partial charge in [0.2, 0.25) is 11.8 Å². The molecule has 0 saturated carbocycles. The normalized spacial score (nSPS) is 10.7. The van der Waals surface area contributed by atoms with Gasteiger partial charge in [-0.15, -0.1) is 0 Å². The topological polar surface area (TPSA) is 108 Å². The van der Waals surface area contributed by atoms with Gasteiger partial charge in [0.15, 0.2) is 5.02 Å². The Morgan fingerprint density at radius 3 is 2.61 bits per heavy atom. The van der Waals surface area contributed by atoms with Crippen molar-refractivity contribution in [1.29, 1.82) is 0 Å². The highest BCUT2D eigenvalue weighted by Crippen LogP contribution is 2.22. The van der Waals surface area contributed by atoms with Gasteiger partial charge in [0.1, 0.15) is 24.6 Å². The van der Waals surface area contributed by atoms with Gasteiger partial charge in [0.05, 0.1) is 12.2 Å². The zero-order valence-electron chi connectivity index (χ0n) is 17.6. The number of nitrogens with zero attached hydrogens (tertiary/aromatic N) is 3. The summed E-state index contributed by atoms with van der Waals surface area (Å²) >= 11 is 6.14. The Hall–Kier alpha value is -3.79. The molecule has 2 N–H and O–H groups in total. The summed E-state index contributed by atoms with van der Waals surface area (Å²) in [6, 6.07) is 7.64. The van der Waals surface area contributed by atoms with Crippen molar-refractivity contribution in [3.05, 3.63) is 86.4 Å². The van der Waals surface area contributed by atoms with E-state index in [1.54, 1.807) is 19.1 Å². The van der Waals surface area contributed by atoms with E-state index in [1.807, 2.05) is 0 Å². The number of carbonyl (C=O) groups is 2. The largest absolute Gasteiger partial charge is 0.471 e. The number of amides is 2. The van der Waals surface area contributed by atoms with E-state index in [4.69, 9.17) is 22.1 Å². The zero-order valence-corrected chi connectivity index (χ0v) is 18.4. The van der Waals surface area contributed by atoms with Crippen LogP contribution in [0.4, 0.5) is 8.78 Å². The van der Waals surface area contributed by atoms with E-state index in [0.717, 1.165) is 21.9 Å². The minimum Gasteiger partial charge on any atom is -0.471 e. The molecule has 3 rings (SSSR count). The number of carbonyl (C=O) groups excluding carboxylic acids is 2. The Balaban J connectivity index is 1.90. The summed E-state index contributed by atoms with van der Waals surface area (Å²) in [5.74, 6) is -2.90. The summed E-state index contributed by atoms with van der Waals surface area (Å²) in [5, 5.41) is -0.359. The molecule has 0 atom stereocenters. The fraction of sp³-hybridized carbons (Fsp3) is 0.182. The molecule has 0 spiro atoms. The van der Waals surface area contributed by atoms with Gasteiger partial charge in [0.25, 0.3) is 11.5 Å². The maximum atomic E-state index is 13.8. The van der Waals surface area contributed by atoms with Gasteiger partial charge in [-0.05, 0) is 36.8 Å². The highest BCUT2D eigenvalue weighted by Gasteiger charge is 2.18. The fourth-order valence-corrected chi connectivity index (χ4v) is 3.20. The number of ether oxygens (including phenoxy) is 1. The molecular formula is C22H19ClF2N4O4. The number of likely N-dealkylation sites (N-methyl/N-ethyl adjacent to an activating group) is 1. The summed E-state index contributed by atoms with van der Waals surface area (Å²) in [7, 11) is 1.42. The van der Waals surface area contributed by atoms with Crippen molar-refractivity contribution >= 4 is 23.4 Å². The highest BCUT2D eigenvalue weighted by molar-refractivity contribution is 6.31. The lowest BCUT2D eigenvalue weighted by molar-refractivity contribution is -0.118. The van der Waals surface area contributed by atoms with Crippen LogP contribution in [0.3, 0.4) is 0 Å². The molecule has 2 amide bonds. The predicted molar refractivity (Wildman–Crippen MR) is 116 cm³/mol. The van der Waals surface area contributed by atoms with Crippen molar-refractivity contribution in [2.45, 2.75) is 13.5 Å². The quantitative estimate of drug-likeness (QED) is 0.564. The molecule has 2 aromatic carbocycles. The van der Waals surface area contributed by atoms with Crippen molar-refractivity contribution < 1.29 is 23.1 Å². The number of benzene rings is 2. The van der Waals surface area contributed by atoms with Crippen molar-refractivity contribution in [3.63, 3.8) is 0 Å². The first-order valence-electron chi connectivity index (χ1n) is 9.57. The van der Waals surface area contributed by atoms with Gasteiger partial charge in [-0.25, -0.2) is 13.8 Å². The van der Waals surface area contributed by atoms with Crippen LogP contribution in [0.25, 0.3) is 5.69 Å². The monoisotopic (exact) mass is 476 g/mol.